The second kappa shape index (κ2) is 8.07. The minimum atomic E-state index is -0.388. The van der Waals surface area contributed by atoms with Gasteiger partial charge in [-0.1, -0.05) is 30.3 Å². The molecule has 0 N–H and O–H groups in total. The third-order valence-corrected chi connectivity index (χ3v) is 5.71. The summed E-state index contributed by atoms with van der Waals surface area (Å²) in [5.74, 6) is 0.327. The molecule has 1 fully saturated rings. The number of imide groups is 1. The van der Waals surface area contributed by atoms with E-state index >= 15 is 0 Å². The molecule has 4 rings (SSSR count). The highest BCUT2D eigenvalue weighted by Gasteiger charge is 2.37. The Kier molecular flexibility index (Phi) is 5.34. The summed E-state index contributed by atoms with van der Waals surface area (Å²) in [6.07, 6.45) is 1.69. The van der Waals surface area contributed by atoms with Crippen molar-refractivity contribution in [3.05, 3.63) is 65.2 Å². The topological polar surface area (TPSA) is 66.9 Å². The number of piperidine rings is 1. The minimum absolute atomic E-state index is 0.183. The monoisotopic (exact) mass is 392 g/mol. The molecule has 2 heterocycles. The van der Waals surface area contributed by atoms with Gasteiger partial charge in [0.2, 0.25) is 5.91 Å². The zero-order valence-electron chi connectivity index (χ0n) is 16.5. The normalized spacial score (nSPS) is 16.9. The Morgan fingerprint density at radius 2 is 1.55 bits per heavy atom. The van der Waals surface area contributed by atoms with Gasteiger partial charge < -0.3 is 9.64 Å². The zero-order valence-corrected chi connectivity index (χ0v) is 16.5. The first-order valence-corrected chi connectivity index (χ1v) is 9.96. The molecule has 0 aromatic heterocycles. The van der Waals surface area contributed by atoms with Crippen molar-refractivity contribution in [2.75, 3.05) is 26.2 Å². The maximum Gasteiger partial charge on any atom is 0.262 e. The van der Waals surface area contributed by atoms with Crippen molar-refractivity contribution in [2.24, 2.45) is 5.92 Å². The molecule has 2 aromatic rings. The van der Waals surface area contributed by atoms with Crippen LogP contribution in [0.4, 0.5) is 0 Å². The number of likely N-dealkylation sites (tertiary alicyclic amines) is 1. The number of amides is 3. The molecule has 0 bridgehead atoms. The molecule has 0 radical (unpaired) electrons. The highest BCUT2D eigenvalue weighted by Crippen LogP contribution is 2.24. The number of hydrogen-bond donors (Lipinski definition) is 0. The Balaban J connectivity index is 1.28. The number of fused-ring (bicyclic) bond motifs is 1. The standard InChI is InChI=1S/C23H24N2O4/c1-16-6-2-5-9-20(16)29-15-17-10-12-24(13-11-17)21(26)14-25-22(27)18-7-3-4-8-19(18)23(25)28/h2-9,17H,10-15H2,1H3. The SMILES string of the molecule is Cc1ccccc1OCC1CCN(C(=O)CN2C(=O)c3ccccc3C2=O)CC1. The van der Waals surface area contributed by atoms with E-state index in [-0.39, 0.29) is 24.3 Å². The molecule has 3 amide bonds. The quantitative estimate of drug-likeness (QED) is 0.734. The summed E-state index contributed by atoms with van der Waals surface area (Å²) < 4.78 is 5.94. The molecule has 150 valence electrons. The van der Waals surface area contributed by atoms with Gasteiger partial charge in [-0.25, -0.2) is 0 Å². The average molecular weight is 392 g/mol. The molecule has 0 unspecified atom stereocenters. The van der Waals surface area contributed by atoms with Crippen LogP contribution in [-0.4, -0.2) is 53.8 Å². The Bertz CT molecular complexity index is 912. The van der Waals surface area contributed by atoms with Crippen LogP contribution in [0.1, 0.15) is 39.1 Å². The molecule has 0 spiro atoms. The van der Waals surface area contributed by atoms with Gasteiger partial charge in [0.05, 0.1) is 17.7 Å². The van der Waals surface area contributed by atoms with Crippen molar-refractivity contribution in [1.82, 2.24) is 9.80 Å². The van der Waals surface area contributed by atoms with Crippen LogP contribution in [0.5, 0.6) is 5.75 Å². The van der Waals surface area contributed by atoms with Crippen molar-refractivity contribution >= 4 is 17.7 Å². The summed E-state index contributed by atoms with van der Waals surface area (Å²) in [6.45, 7) is 3.69. The molecule has 6 heteroatoms. The van der Waals surface area contributed by atoms with Crippen molar-refractivity contribution in [3.63, 3.8) is 0 Å². The van der Waals surface area contributed by atoms with Gasteiger partial charge in [-0.15, -0.1) is 0 Å². The lowest BCUT2D eigenvalue weighted by atomic mass is 9.97. The Labute approximate surface area is 170 Å². The Hall–Kier alpha value is -3.15. The minimum Gasteiger partial charge on any atom is -0.493 e. The Morgan fingerprint density at radius 3 is 2.17 bits per heavy atom. The molecule has 0 aliphatic carbocycles. The largest absolute Gasteiger partial charge is 0.493 e. The van der Waals surface area contributed by atoms with Gasteiger partial charge in [0, 0.05) is 13.1 Å². The molecule has 0 atom stereocenters. The van der Waals surface area contributed by atoms with Crippen LogP contribution in [-0.2, 0) is 4.79 Å². The van der Waals surface area contributed by atoms with E-state index in [1.54, 1.807) is 29.2 Å². The summed E-state index contributed by atoms with van der Waals surface area (Å²) in [7, 11) is 0. The van der Waals surface area contributed by atoms with Crippen LogP contribution < -0.4 is 4.74 Å². The van der Waals surface area contributed by atoms with Crippen LogP contribution in [0, 0.1) is 12.8 Å². The summed E-state index contributed by atoms with van der Waals surface area (Å²) in [5.41, 5.74) is 1.86. The van der Waals surface area contributed by atoms with Crippen LogP contribution >= 0.6 is 0 Å². The first kappa shape index (κ1) is 19.2. The lowest BCUT2D eigenvalue weighted by Crippen LogP contribution is -2.46. The molecular weight excluding hydrogens is 368 g/mol. The van der Waals surface area contributed by atoms with Gasteiger partial charge >= 0.3 is 0 Å². The summed E-state index contributed by atoms with van der Waals surface area (Å²) in [5, 5.41) is 0. The molecule has 0 saturated carbocycles. The second-order valence-electron chi connectivity index (χ2n) is 7.64. The maximum atomic E-state index is 12.7. The van der Waals surface area contributed by atoms with E-state index in [1.807, 2.05) is 31.2 Å². The predicted octanol–water partition coefficient (Wildman–Crippen LogP) is 2.91. The van der Waals surface area contributed by atoms with E-state index in [0.717, 1.165) is 29.1 Å². The first-order chi connectivity index (χ1) is 14.0. The lowest BCUT2D eigenvalue weighted by molar-refractivity contribution is -0.133. The zero-order chi connectivity index (χ0) is 20.4. The number of para-hydroxylation sites is 1. The van der Waals surface area contributed by atoms with Gasteiger partial charge in [0.1, 0.15) is 12.3 Å². The number of aryl methyl sites for hydroxylation is 1. The lowest BCUT2D eigenvalue weighted by Gasteiger charge is -2.32. The Morgan fingerprint density at radius 1 is 0.966 bits per heavy atom. The van der Waals surface area contributed by atoms with Crippen LogP contribution in [0.15, 0.2) is 48.5 Å². The fraction of sp³-hybridized carbons (Fsp3) is 0.348. The molecule has 1 saturated heterocycles. The first-order valence-electron chi connectivity index (χ1n) is 9.96. The number of rotatable bonds is 5. The van der Waals surface area contributed by atoms with E-state index in [4.69, 9.17) is 4.74 Å². The number of carbonyl (C=O) groups excluding carboxylic acids is 3. The molecule has 2 aliphatic rings. The highest BCUT2D eigenvalue weighted by atomic mass is 16.5. The third-order valence-electron chi connectivity index (χ3n) is 5.71. The van der Waals surface area contributed by atoms with Gasteiger partial charge in [-0.05, 0) is 49.4 Å². The number of carbonyl (C=O) groups is 3. The summed E-state index contributed by atoms with van der Waals surface area (Å²) in [6, 6.07) is 14.6. The third kappa shape index (κ3) is 3.88. The van der Waals surface area contributed by atoms with E-state index < -0.39 is 0 Å². The van der Waals surface area contributed by atoms with E-state index in [1.165, 1.54) is 0 Å². The number of nitrogens with zero attached hydrogens (tertiary/aromatic N) is 2. The fourth-order valence-corrected chi connectivity index (χ4v) is 3.89. The van der Waals surface area contributed by atoms with E-state index in [0.29, 0.717) is 36.7 Å². The molecule has 2 aromatic carbocycles. The number of hydrogen-bond acceptors (Lipinski definition) is 4. The van der Waals surface area contributed by atoms with Crippen molar-refractivity contribution < 1.29 is 19.1 Å². The van der Waals surface area contributed by atoms with E-state index in [9.17, 15) is 14.4 Å². The van der Waals surface area contributed by atoms with Gasteiger partial charge in [-0.2, -0.15) is 0 Å². The summed E-state index contributed by atoms with van der Waals surface area (Å²) >= 11 is 0. The highest BCUT2D eigenvalue weighted by molar-refractivity contribution is 6.22. The van der Waals surface area contributed by atoms with Crippen LogP contribution in [0.2, 0.25) is 0 Å². The summed E-state index contributed by atoms with van der Waals surface area (Å²) in [4.78, 5) is 40.4. The molecular formula is C23H24N2O4. The fourth-order valence-electron chi connectivity index (χ4n) is 3.89. The molecule has 29 heavy (non-hydrogen) atoms. The number of benzene rings is 2. The number of ether oxygens (including phenoxy) is 1. The van der Waals surface area contributed by atoms with Crippen molar-refractivity contribution in [1.29, 1.82) is 0 Å². The predicted molar refractivity (Wildman–Crippen MR) is 108 cm³/mol. The van der Waals surface area contributed by atoms with Gasteiger partial charge in [0.15, 0.2) is 0 Å². The molecule has 6 nitrogen and oxygen atoms in total. The van der Waals surface area contributed by atoms with Gasteiger partial charge in [-0.3, -0.25) is 19.3 Å². The smallest absolute Gasteiger partial charge is 0.262 e. The van der Waals surface area contributed by atoms with Gasteiger partial charge in [0.25, 0.3) is 11.8 Å². The second-order valence-corrected chi connectivity index (χ2v) is 7.64. The van der Waals surface area contributed by atoms with Crippen LogP contribution in [0.3, 0.4) is 0 Å². The van der Waals surface area contributed by atoms with E-state index in [2.05, 4.69) is 0 Å². The average Bonchev–Trinajstić information content (AvgIpc) is 2.98. The molecule has 2 aliphatic heterocycles. The maximum absolute atomic E-state index is 12.7. The van der Waals surface area contributed by atoms with Crippen molar-refractivity contribution in [3.8, 4) is 5.75 Å². The van der Waals surface area contributed by atoms with Crippen molar-refractivity contribution in [2.45, 2.75) is 19.8 Å². The van der Waals surface area contributed by atoms with Crippen LogP contribution in [0.25, 0.3) is 0 Å².